The smallest absolute Gasteiger partial charge is 0.0159 e. The monoisotopic (exact) mass is 672 g/mol. The minimum Gasteiger partial charge on any atom is -0.0616 e. The lowest BCUT2D eigenvalue weighted by Crippen LogP contribution is -2.14. The molecule has 10 aromatic carbocycles. The minimum absolute atomic E-state index is 0.0365. The van der Waals surface area contributed by atoms with Crippen LogP contribution in [0, 0.1) is 0 Å². The van der Waals surface area contributed by atoms with Crippen LogP contribution in [0.3, 0.4) is 0 Å². The number of fused-ring (bicyclic) bond motifs is 10. The van der Waals surface area contributed by atoms with E-state index in [0.717, 1.165) is 0 Å². The van der Waals surface area contributed by atoms with E-state index in [1.807, 2.05) is 0 Å². The maximum Gasteiger partial charge on any atom is 0.0159 e. The Bertz CT molecular complexity index is 3060. The molecule has 0 unspecified atom stereocenters. The summed E-state index contributed by atoms with van der Waals surface area (Å²) in [5.41, 5.74) is 13.1. The molecule has 0 heteroatoms. The molecule has 0 aromatic heterocycles. The zero-order valence-corrected chi connectivity index (χ0v) is 29.8. The summed E-state index contributed by atoms with van der Waals surface area (Å²) in [4.78, 5) is 0. The van der Waals surface area contributed by atoms with Gasteiger partial charge in [-0.1, -0.05) is 190 Å². The van der Waals surface area contributed by atoms with E-state index in [9.17, 15) is 0 Å². The Morgan fingerprint density at radius 2 is 0.792 bits per heavy atom. The Morgan fingerprint density at radius 3 is 1.49 bits per heavy atom. The number of hydrogen-bond donors (Lipinski definition) is 0. The zero-order chi connectivity index (χ0) is 35.3. The highest BCUT2D eigenvalue weighted by atomic mass is 14.4. The van der Waals surface area contributed by atoms with E-state index < -0.39 is 0 Å². The van der Waals surface area contributed by atoms with E-state index in [1.165, 1.54) is 109 Å². The number of hydrogen-bond acceptors (Lipinski definition) is 0. The van der Waals surface area contributed by atoms with Gasteiger partial charge in [-0.05, 0) is 116 Å². The summed E-state index contributed by atoms with van der Waals surface area (Å²) in [5.74, 6) is 0. The zero-order valence-electron chi connectivity index (χ0n) is 29.8. The van der Waals surface area contributed by atoms with Gasteiger partial charge in [0.2, 0.25) is 0 Å². The van der Waals surface area contributed by atoms with Crippen molar-refractivity contribution >= 4 is 53.9 Å². The van der Waals surface area contributed by atoms with E-state index >= 15 is 0 Å². The topological polar surface area (TPSA) is 0 Å². The average molecular weight is 673 g/mol. The molecule has 0 saturated carbocycles. The second kappa shape index (κ2) is 11.2. The molecule has 0 saturated heterocycles. The molecule has 0 radical (unpaired) electrons. The Kier molecular flexibility index (Phi) is 6.40. The fourth-order valence-corrected chi connectivity index (χ4v) is 9.52. The van der Waals surface area contributed by atoms with Crippen molar-refractivity contribution in [1.82, 2.24) is 0 Å². The maximum atomic E-state index is 2.43. The van der Waals surface area contributed by atoms with E-state index in [1.54, 1.807) is 0 Å². The fraction of sp³-hybridized carbons (Fsp3) is 0.0566. The Morgan fingerprint density at radius 1 is 0.283 bits per heavy atom. The van der Waals surface area contributed by atoms with Gasteiger partial charge >= 0.3 is 0 Å². The second-order valence-electron chi connectivity index (χ2n) is 15.2. The SMILES string of the molecule is CC1(C)c2ccc(-c3ccc(-c4c5ccccc5c(-c5cccc6c5ccc5ccccc56)c5ccccc45)cc3)cc2-c2c1ccc1ccccc21. The summed E-state index contributed by atoms with van der Waals surface area (Å²) in [6.07, 6.45) is 0. The van der Waals surface area contributed by atoms with E-state index in [2.05, 4.69) is 196 Å². The van der Waals surface area contributed by atoms with Crippen molar-refractivity contribution in [2.75, 3.05) is 0 Å². The second-order valence-corrected chi connectivity index (χ2v) is 15.2. The van der Waals surface area contributed by atoms with E-state index in [4.69, 9.17) is 0 Å². The largest absolute Gasteiger partial charge is 0.0616 e. The summed E-state index contributed by atoms with van der Waals surface area (Å²) < 4.78 is 0. The van der Waals surface area contributed by atoms with Crippen LogP contribution in [0.4, 0.5) is 0 Å². The van der Waals surface area contributed by atoms with Gasteiger partial charge in [-0.3, -0.25) is 0 Å². The van der Waals surface area contributed by atoms with Gasteiger partial charge in [0, 0.05) is 5.41 Å². The Labute approximate surface area is 309 Å². The molecule has 0 N–H and O–H groups in total. The van der Waals surface area contributed by atoms with Crippen LogP contribution in [-0.4, -0.2) is 0 Å². The van der Waals surface area contributed by atoms with Crippen molar-refractivity contribution in [2.24, 2.45) is 0 Å². The molecule has 1 aliphatic rings. The predicted molar refractivity (Wildman–Crippen MR) is 228 cm³/mol. The predicted octanol–water partition coefficient (Wildman–Crippen LogP) is 14.8. The first kappa shape index (κ1) is 30.2. The molecule has 1 aliphatic carbocycles. The number of benzene rings is 10. The molecule has 11 rings (SSSR count). The molecule has 0 nitrogen and oxygen atoms in total. The summed E-state index contributed by atoms with van der Waals surface area (Å²) in [5, 5.41) is 12.9. The van der Waals surface area contributed by atoms with Crippen molar-refractivity contribution in [3.05, 3.63) is 193 Å². The van der Waals surface area contributed by atoms with Crippen LogP contribution < -0.4 is 0 Å². The standard InChI is InChI=1S/C53H36/c1-53(2)48-30-28-37(32-47(48)52-39-15-6-4-13-35(39)27-31-49(52)53)33-22-24-36(25-23-33)50-43-16-7-9-18-45(43)51(46-19-10-8-17-44(46)50)42-21-11-20-40-38-14-5-3-12-34(38)26-29-41(40)42/h3-32H,1-2H3. The van der Waals surface area contributed by atoms with Crippen LogP contribution in [-0.2, 0) is 5.41 Å². The van der Waals surface area contributed by atoms with Crippen molar-refractivity contribution in [2.45, 2.75) is 19.3 Å². The molecule has 0 spiro atoms. The summed E-state index contributed by atoms with van der Waals surface area (Å²) in [6, 6.07) is 67.9. The minimum atomic E-state index is -0.0365. The summed E-state index contributed by atoms with van der Waals surface area (Å²) in [6.45, 7) is 4.73. The lowest BCUT2D eigenvalue weighted by atomic mass is 9.82. The highest BCUT2D eigenvalue weighted by molar-refractivity contribution is 6.24. The molecule has 0 aliphatic heterocycles. The van der Waals surface area contributed by atoms with Crippen LogP contribution in [0.25, 0.3) is 98.4 Å². The van der Waals surface area contributed by atoms with Gasteiger partial charge in [0.05, 0.1) is 0 Å². The molecule has 10 aromatic rings. The van der Waals surface area contributed by atoms with Crippen molar-refractivity contribution in [3.8, 4) is 44.5 Å². The van der Waals surface area contributed by atoms with Gasteiger partial charge in [-0.2, -0.15) is 0 Å². The third-order valence-electron chi connectivity index (χ3n) is 12.1. The van der Waals surface area contributed by atoms with Crippen LogP contribution in [0.5, 0.6) is 0 Å². The van der Waals surface area contributed by atoms with Crippen LogP contribution in [0.1, 0.15) is 25.0 Å². The highest BCUT2D eigenvalue weighted by Gasteiger charge is 2.36. The van der Waals surface area contributed by atoms with Crippen molar-refractivity contribution < 1.29 is 0 Å². The molecular weight excluding hydrogens is 637 g/mol. The third kappa shape index (κ3) is 4.36. The molecule has 0 atom stereocenters. The van der Waals surface area contributed by atoms with Crippen molar-refractivity contribution in [3.63, 3.8) is 0 Å². The average Bonchev–Trinajstić information content (AvgIpc) is 3.45. The van der Waals surface area contributed by atoms with Gasteiger partial charge in [0.15, 0.2) is 0 Å². The normalized spacial score (nSPS) is 13.2. The van der Waals surface area contributed by atoms with E-state index in [-0.39, 0.29) is 5.41 Å². The van der Waals surface area contributed by atoms with Crippen LogP contribution in [0.15, 0.2) is 182 Å². The van der Waals surface area contributed by atoms with E-state index in [0.29, 0.717) is 0 Å². The Hall–Kier alpha value is -6.50. The first-order valence-electron chi connectivity index (χ1n) is 18.7. The molecule has 248 valence electrons. The molecular formula is C53H36. The first-order chi connectivity index (χ1) is 26.1. The summed E-state index contributed by atoms with van der Waals surface area (Å²) in [7, 11) is 0. The summed E-state index contributed by atoms with van der Waals surface area (Å²) >= 11 is 0. The number of rotatable bonds is 3. The lowest BCUT2D eigenvalue weighted by molar-refractivity contribution is 0.661. The molecule has 0 bridgehead atoms. The Balaban J connectivity index is 1.08. The molecule has 0 heterocycles. The highest BCUT2D eigenvalue weighted by Crippen LogP contribution is 2.52. The third-order valence-corrected chi connectivity index (χ3v) is 12.1. The van der Waals surface area contributed by atoms with Gasteiger partial charge < -0.3 is 0 Å². The molecule has 53 heavy (non-hydrogen) atoms. The van der Waals surface area contributed by atoms with Crippen molar-refractivity contribution in [1.29, 1.82) is 0 Å². The maximum absolute atomic E-state index is 2.43. The molecule has 0 fully saturated rings. The van der Waals surface area contributed by atoms with Crippen LogP contribution in [0.2, 0.25) is 0 Å². The van der Waals surface area contributed by atoms with Gasteiger partial charge in [0.1, 0.15) is 0 Å². The quantitative estimate of drug-likeness (QED) is 0.129. The van der Waals surface area contributed by atoms with Gasteiger partial charge in [-0.15, -0.1) is 0 Å². The van der Waals surface area contributed by atoms with Gasteiger partial charge in [-0.25, -0.2) is 0 Å². The fourth-order valence-electron chi connectivity index (χ4n) is 9.52. The molecule has 0 amide bonds. The first-order valence-corrected chi connectivity index (χ1v) is 18.7. The van der Waals surface area contributed by atoms with Gasteiger partial charge in [0.25, 0.3) is 0 Å². The lowest BCUT2D eigenvalue weighted by Gasteiger charge is -2.21. The van der Waals surface area contributed by atoms with Crippen LogP contribution >= 0.6 is 0 Å².